The maximum Gasteiger partial charge on any atom is 0.363 e. The lowest BCUT2D eigenvalue weighted by Crippen LogP contribution is -2.09. The molecule has 3 nitrogen and oxygen atoms in total. The summed E-state index contributed by atoms with van der Waals surface area (Å²) in [4.78, 5) is 15.8. The molecule has 0 aliphatic carbocycles. The Balaban J connectivity index is 2.24. The van der Waals surface area contributed by atoms with Crippen LogP contribution in [0.25, 0.3) is 6.08 Å². The van der Waals surface area contributed by atoms with Crippen molar-refractivity contribution >= 4 is 17.9 Å². The third-order valence-corrected chi connectivity index (χ3v) is 2.82. The summed E-state index contributed by atoms with van der Waals surface area (Å²) in [7, 11) is 0. The lowest BCUT2D eigenvalue weighted by Gasteiger charge is -1.99. The van der Waals surface area contributed by atoms with Crippen molar-refractivity contribution in [3.8, 4) is 0 Å². The summed E-state index contributed by atoms with van der Waals surface area (Å²) in [6.45, 7) is 6.01. The molecule has 18 heavy (non-hydrogen) atoms. The molecular formula is C15H17NO2. The summed E-state index contributed by atoms with van der Waals surface area (Å²) >= 11 is 0. The van der Waals surface area contributed by atoms with Gasteiger partial charge in [0.05, 0.1) is 0 Å². The van der Waals surface area contributed by atoms with Gasteiger partial charge in [-0.1, -0.05) is 45.0 Å². The van der Waals surface area contributed by atoms with Gasteiger partial charge in [-0.05, 0) is 23.6 Å². The van der Waals surface area contributed by atoms with Crippen LogP contribution < -0.4 is 0 Å². The van der Waals surface area contributed by atoms with Crippen LogP contribution in [0.3, 0.4) is 0 Å². The molecule has 0 unspecified atom stereocenters. The molecule has 0 N–H and O–H groups in total. The number of nitrogens with zero attached hydrogens (tertiary/aromatic N) is 1. The largest absolute Gasteiger partial charge is 0.407 e. The van der Waals surface area contributed by atoms with Crippen molar-refractivity contribution in [1.82, 2.24) is 0 Å². The van der Waals surface area contributed by atoms with Gasteiger partial charge in [-0.2, -0.15) is 0 Å². The monoisotopic (exact) mass is 243 g/mol. The van der Waals surface area contributed by atoms with Crippen LogP contribution in [-0.4, -0.2) is 11.9 Å². The average molecular weight is 243 g/mol. The Kier molecular flexibility index (Phi) is 3.60. The molecular weight excluding hydrogens is 226 g/mol. The lowest BCUT2D eigenvalue weighted by molar-refractivity contribution is -0.130. The number of ether oxygens (including phenoxy) is 1. The molecule has 0 amide bonds. The molecule has 1 heterocycles. The van der Waals surface area contributed by atoms with E-state index in [1.165, 1.54) is 5.56 Å². The van der Waals surface area contributed by atoms with Crippen LogP contribution in [0.15, 0.2) is 35.0 Å². The van der Waals surface area contributed by atoms with Crippen LogP contribution in [-0.2, 0) is 16.0 Å². The average Bonchev–Trinajstić information content (AvgIpc) is 2.72. The van der Waals surface area contributed by atoms with Crippen molar-refractivity contribution in [3.05, 3.63) is 41.1 Å². The predicted molar refractivity (Wildman–Crippen MR) is 72.2 cm³/mol. The van der Waals surface area contributed by atoms with Crippen molar-refractivity contribution < 1.29 is 9.53 Å². The van der Waals surface area contributed by atoms with E-state index in [1.54, 1.807) is 6.08 Å². The number of hydrogen-bond acceptors (Lipinski definition) is 3. The van der Waals surface area contributed by atoms with Crippen molar-refractivity contribution in [2.24, 2.45) is 10.9 Å². The third kappa shape index (κ3) is 2.67. The molecule has 0 saturated carbocycles. The molecule has 2 rings (SSSR count). The Bertz CT molecular complexity index is 510. The first kappa shape index (κ1) is 12.6. The molecule has 0 saturated heterocycles. The maximum atomic E-state index is 11.6. The van der Waals surface area contributed by atoms with Crippen molar-refractivity contribution in [2.45, 2.75) is 27.2 Å². The number of benzene rings is 1. The molecule has 0 bridgehead atoms. The summed E-state index contributed by atoms with van der Waals surface area (Å²) in [5.74, 6) is 0.261. The van der Waals surface area contributed by atoms with Crippen LogP contribution >= 0.6 is 0 Å². The van der Waals surface area contributed by atoms with Crippen LogP contribution in [0.2, 0.25) is 0 Å². The van der Waals surface area contributed by atoms with E-state index in [0.29, 0.717) is 11.6 Å². The van der Waals surface area contributed by atoms with E-state index in [4.69, 9.17) is 4.74 Å². The molecule has 94 valence electrons. The number of aliphatic imine (C=N–C) groups is 1. The topological polar surface area (TPSA) is 38.7 Å². The predicted octanol–water partition coefficient (Wildman–Crippen LogP) is 3.20. The number of rotatable bonds is 3. The molecule has 0 aromatic heterocycles. The van der Waals surface area contributed by atoms with Gasteiger partial charge in [0.1, 0.15) is 0 Å². The Hall–Kier alpha value is -1.90. The molecule has 1 aromatic carbocycles. The summed E-state index contributed by atoms with van der Waals surface area (Å²) in [6.07, 6.45) is 2.77. The van der Waals surface area contributed by atoms with E-state index in [0.717, 1.165) is 12.0 Å². The summed E-state index contributed by atoms with van der Waals surface area (Å²) < 4.78 is 5.10. The van der Waals surface area contributed by atoms with Gasteiger partial charge in [-0.25, -0.2) is 9.79 Å². The van der Waals surface area contributed by atoms with Crippen LogP contribution in [0.5, 0.6) is 0 Å². The number of carbonyl (C=O) groups is 1. The second-order valence-electron chi connectivity index (χ2n) is 4.62. The quantitative estimate of drug-likeness (QED) is 0.604. The zero-order chi connectivity index (χ0) is 13.1. The zero-order valence-corrected chi connectivity index (χ0v) is 10.9. The Morgan fingerprint density at radius 3 is 2.44 bits per heavy atom. The van der Waals surface area contributed by atoms with Gasteiger partial charge in [-0.3, -0.25) is 0 Å². The standard InChI is InChI=1S/C15H17NO2/c1-4-11-5-7-12(8-6-11)9-13-15(17)18-14(16-13)10(2)3/h5-10H,4H2,1-3H3/b13-9+. The molecule has 1 aromatic rings. The first-order valence-electron chi connectivity index (χ1n) is 6.21. The molecule has 0 fully saturated rings. The highest BCUT2D eigenvalue weighted by molar-refractivity contribution is 6.07. The number of carbonyl (C=O) groups excluding carboxylic acids is 1. The summed E-state index contributed by atoms with van der Waals surface area (Å²) in [5.41, 5.74) is 2.62. The molecule has 1 aliphatic rings. The van der Waals surface area contributed by atoms with Crippen molar-refractivity contribution in [1.29, 1.82) is 0 Å². The van der Waals surface area contributed by atoms with Gasteiger partial charge in [-0.15, -0.1) is 0 Å². The van der Waals surface area contributed by atoms with Gasteiger partial charge in [0, 0.05) is 5.92 Å². The fraction of sp³-hybridized carbons (Fsp3) is 0.333. The second-order valence-corrected chi connectivity index (χ2v) is 4.62. The highest BCUT2D eigenvalue weighted by Crippen LogP contribution is 2.18. The first-order valence-corrected chi connectivity index (χ1v) is 6.21. The van der Waals surface area contributed by atoms with Crippen LogP contribution in [0.1, 0.15) is 31.9 Å². The first-order chi connectivity index (χ1) is 8.60. The minimum absolute atomic E-state index is 0.127. The molecule has 0 atom stereocenters. The van der Waals surface area contributed by atoms with Crippen molar-refractivity contribution in [2.75, 3.05) is 0 Å². The Labute approximate surface area is 107 Å². The minimum Gasteiger partial charge on any atom is -0.407 e. The van der Waals surface area contributed by atoms with Crippen molar-refractivity contribution in [3.63, 3.8) is 0 Å². The van der Waals surface area contributed by atoms with Crippen LogP contribution in [0, 0.1) is 5.92 Å². The number of cyclic esters (lactones) is 1. The van der Waals surface area contributed by atoms with E-state index in [-0.39, 0.29) is 11.9 Å². The smallest absolute Gasteiger partial charge is 0.363 e. The van der Waals surface area contributed by atoms with E-state index >= 15 is 0 Å². The zero-order valence-electron chi connectivity index (χ0n) is 10.9. The van der Waals surface area contributed by atoms with Gasteiger partial charge in [0.15, 0.2) is 5.70 Å². The van der Waals surface area contributed by atoms with E-state index < -0.39 is 0 Å². The maximum absolute atomic E-state index is 11.6. The Morgan fingerprint density at radius 2 is 1.94 bits per heavy atom. The third-order valence-electron chi connectivity index (χ3n) is 2.82. The van der Waals surface area contributed by atoms with E-state index in [2.05, 4.69) is 24.0 Å². The second kappa shape index (κ2) is 5.17. The molecule has 0 radical (unpaired) electrons. The normalized spacial score (nSPS) is 17.2. The minimum atomic E-state index is -0.363. The number of aryl methyl sites for hydroxylation is 1. The molecule has 3 heteroatoms. The highest BCUT2D eigenvalue weighted by atomic mass is 16.6. The SMILES string of the molecule is CCc1ccc(/C=C2/N=C(C(C)C)OC2=O)cc1. The molecule has 0 spiro atoms. The number of esters is 1. The summed E-state index contributed by atoms with van der Waals surface area (Å²) in [5, 5.41) is 0. The Morgan fingerprint density at radius 1 is 1.28 bits per heavy atom. The highest BCUT2D eigenvalue weighted by Gasteiger charge is 2.24. The van der Waals surface area contributed by atoms with E-state index in [1.807, 2.05) is 26.0 Å². The van der Waals surface area contributed by atoms with E-state index in [9.17, 15) is 4.79 Å². The van der Waals surface area contributed by atoms with Gasteiger partial charge in [0.2, 0.25) is 5.90 Å². The fourth-order valence-electron chi connectivity index (χ4n) is 1.68. The van der Waals surface area contributed by atoms with Gasteiger partial charge in [0.25, 0.3) is 0 Å². The van der Waals surface area contributed by atoms with Crippen LogP contribution in [0.4, 0.5) is 0 Å². The molecule has 1 aliphatic heterocycles. The fourth-order valence-corrected chi connectivity index (χ4v) is 1.68. The van der Waals surface area contributed by atoms with Gasteiger partial charge >= 0.3 is 5.97 Å². The number of hydrogen-bond donors (Lipinski definition) is 0. The lowest BCUT2D eigenvalue weighted by atomic mass is 10.1. The van der Waals surface area contributed by atoms with Gasteiger partial charge < -0.3 is 4.74 Å². The summed E-state index contributed by atoms with van der Waals surface area (Å²) in [6, 6.07) is 8.09.